The number of methoxy groups -OCH3 is 1. The minimum Gasteiger partial charge on any atom is -0.495 e. The molecule has 0 spiro atoms. The lowest BCUT2D eigenvalue weighted by Gasteiger charge is -2.09. The Morgan fingerprint density at radius 3 is 2.44 bits per heavy atom. The lowest BCUT2D eigenvalue weighted by Crippen LogP contribution is -1.99. The fourth-order valence-electron chi connectivity index (χ4n) is 1.69. The molecule has 2 aromatic rings. The number of hydrogen-bond acceptors (Lipinski definition) is 2. The van der Waals surface area contributed by atoms with E-state index in [9.17, 15) is 0 Å². The molecule has 0 fully saturated rings. The van der Waals surface area contributed by atoms with Crippen molar-refractivity contribution < 1.29 is 4.74 Å². The van der Waals surface area contributed by atoms with Crippen molar-refractivity contribution in [2.45, 2.75) is 13.5 Å². The fraction of sp³-hybridized carbons (Fsp3) is 0.200. The summed E-state index contributed by atoms with van der Waals surface area (Å²) in [6.45, 7) is 2.86. The highest BCUT2D eigenvalue weighted by Gasteiger charge is 2.01. The second kappa shape index (κ2) is 5.78. The van der Waals surface area contributed by atoms with Crippen LogP contribution in [0.1, 0.15) is 11.1 Å². The molecule has 0 saturated carbocycles. The van der Waals surface area contributed by atoms with E-state index in [4.69, 9.17) is 16.3 Å². The van der Waals surface area contributed by atoms with Crippen LogP contribution in [0.5, 0.6) is 5.75 Å². The first-order valence-electron chi connectivity index (χ1n) is 5.82. The zero-order chi connectivity index (χ0) is 13.0. The molecule has 94 valence electrons. The molecule has 0 atom stereocenters. The van der Waals surface area contributed by atoms with E-state index in [-0.39, 0.29) is 0 Å². The molecular formula is C15H16ClNO. The molecule has 0 aromatic heterocycles. The van der Waals surface area contributed by atoms with E-state index < -0.39 is 0 Å². The van der Waals surface area contributed by atoms with Gasteiger partial charge in [0.15, 0.2) is 0 Å². The Hall–Kier alpha value is -1.67. The van der Waals surface area contributed by atoms with Gasteiger partial charge >= 0.3 is 0 Å². The first-order chi connectivity index (χ1) is 8.69. The molecule has 0 heterocycles. The van der Waals surface area contributed by atoms with Gasteiger partial charge in [0, 0.05) is 12.2 Å². The molecule has 0 bridgehead atoms. The lowest BCUT2D eigenvalue weighted by atomic mass is 10.1. The van der Waals surface area contributed by atoms with E-state index >= 15 is 0 Å². The summed E-state index contributed by atoms with van der Waals surface area (Å²) in [6, 6.07) is 14.1. The SMILES string of the molecule is COc1ccc(NCc2ccc(C)cc2)cc1Cl. The van der Waals surface area contributed by atoms with E-state index in [1.165, 1.54) is 11.1 Å². The van der Waals surface area contributed by atoms with Crippen LogP contribution in [-0.2, 0) is 6.54 Å². The summed E-state index contributed by atoms with van der Waals surface area (Å²) in [5.41, 5.74) is 3.50. The average Bonchev–Trinajstić information content (AvgIpc) is 2.38. The summed E-state index contributed by atoms with van der Waals surface area (Å²) in [7, 11) is 1.61. The van der Waals surface area contributed by atoms with Crippen LogP contribution in [0.3, 0.4) is 0 Å². The number of halogens is 1. The number of aryl methyl sites for hydroxylation is 1. The van der Waals surface area contributed by atoms with Crippen molar-refractivity contribution >= 4 is 17.3 Å². The number of rotatable bonds is 4. The average molecular weight is 262 g/mol. The molecule has 2 nitrogen and oxygen atoms in total. The Balaban J connectivity index is 2.02. The van der Waals surface area contributed by atoms with E-state index in [2.05, 4.69) is 36.5 Å². The highest BCUT2D eigenvalue weighted by atomic mass is 35.5. The monoisotopic (exact) mass is 261 g/mol. The number of hydrogen-bond donors (Lipinski definition) is 1. The van der Waals surface area contributed by atoms with Crippen LogP contribution in [0.15, 0.2) is 42.5 Å². The third-order valence-corrected chi connectivity index (χ3v) is 3.06. The van der Waals surface area contributed by atoms with Crippen molar-refractivity contribution in [3.63, 3.8) is 0 Å². The van der Waals surface area contributed by atoms with Crippen molar-refractivity contribution in [2.24, 2.45) is 0 Å². The van der Waals surface area contributed by atoms with E-state index in [1.54, 1.807) is 7.11 Å². The van der Waals surface area contributed by atoms with Crippen LogP contribution in [0.4, 0.5) is 5.69 Å². The Bertz CT molecular complexity index is 523. The highest BCUT2D eigenvalue weighted by molar-refractivity contribution is 6.32. The van der Waals surface area contributed by atoms with Gasteiger partial charge in [-0.2, -0.15) is 0 Å². The predicted molar refractivity (Wildman–Crippen MR) is 76.5 cm³/mol. The quantitative estimate of drug-likeness (QED) is 0.888. The van der Waals surface area contributed by atoms with Gasteiger partial charge in [-0.1, -0.05) is 41.4 Å². The number of nitrogens with one attached hydrogen (secondary N) is 1. The number of benzene rings is 2. The number of ether oxygens (including phenoxy) is 1. The largest absolute Gasteiger partial charge is 0.495 e. The fourth-order valence-corrected chi connectivity index (χ4v) is 1.94. The Morgan fingerprint density at radius 2 is 1.83 bits per heavy atom. The van der Waals surface area contributed by atoms with Crippen LogP contribution in [-0.4, -0.2) is 7.11 Å². The van der Waals surface area contributed by atoms with E-state index in [0.29, 0.717) is 10.8 Å². The summed E-state index contributed by atoms with van der Waals surface area (Å²) in [5.74, 6) is 0.692. The first-order valence-corrected chi connectivity index (χ1v) is 6.20. The van der Waals surface area contributed by atoms with Gasteiger partial charge in [-0.05, 0) is 30.7 Å². The van der Waals surface area contributed by atoms with Gasteiger partial charge in [0.25, 0.3) is 0 Å². The normalized spacial score (nSPS) is 10.2. The van der Waals surface area contributed by atoms with Crippen LogP contribution < -0.4 is 10.1 Å². The number of anilines is 1. The Kier molecular flexibility index (Phi) is 4.11. The molecule has 0 aliphatic carbocycles. The van der Waals surface area contributed by atoms with Gasteiger partial charge in [0.2, 0.25) is 0 Å². The third kappa shape index (κ3) is 3.17. The van der Waals surface area contributed by atoms with Crippen LogP contribution in [0, 0.1) is 6.92 Å². The maximum absolute atomic E-state index is 6.07. The second-order valence-corrected chi connectivity index (χ2v) is 4.60. The van der Waals surface area contributed by atoms with Crippen molar-refractivity contribution in [1.82, 2.24) is 0 Å². The molecule has 2 aromatic carbocycles. The van der Waals surface area contributed by atoms with Gasteiger partial charge in [0.05, 0.1) is 12.1 Å². The van der Waals surface area contributed by atoms with Gasteiger partial charge in [-0.3, -0.25) is 0 Å². The van der Waals surface area contributed by atoms with Crippen molar-refractivity contribution in [3.05, 3.63) is 58.6 Å². The topological polar surface area (TPSA) is 21.3 Å². The molecule has 0 amide bonds. The first kappa shape index (κ1) is 12.8. The minimum absolute atomic E-state index is 0.617. The second-order valence-electron chi connectivity index (χ2n) is 4.19. The zero-order valence-electron chi connectivity index (χ0n) is 10.5. The molecule has 2 rings (SSSR count). The molecule has 0 radical (unpaired) electrons. The minimum atomic E-state index is 0.617. The smallest absolute Gasteiger partial charge is 0.137 e. The lowest BCUT2D eigenvalue weighted by molar-refractivity contribution is 0.415. The maximum atomic E-state index is 6.07. The molecular weight excluding hydrogens is 246 g/mol. The van der Waals surface area contributed by atoms with Gasteiger partial charge in [0.1, 0.15) is 5.75 Å². The van der Waals surface area contributed by atoms with Gasteiger partial charge in [-0.15, -0.1) is 0 Å². The molecule has 0 saturated heterocycles. The zero-order valence-corrected chi connectivity index (χ0v) is 11.3. The third-order valence-electron chi connectivity index (χ3n) is 2.77. The summed E-state index contributed by atoms with van der Waals surface area (Å²) in [6.07, 6.45) is 0. The predicted octanol–water partition coefficient (Wildman–Crippen LogP) is 4.27. The van der Waals surface area contributed by atoms with Crippen molar-refractivity contribution in [2.75, 3.05) is 12.4 Å². The summed E-state index contributed by atoms with van der Waals surface area (Å²) in [5, 5.41) is 3.95. The summed E-state index contributed by atoms with van der Waals surface area (Å²) >= 11 is 6.07. The van der Waals surface area contributed by atoms with Crippen LogP contribution in [0.2, 0.25) is 5.02 Å². The Labute approximate surface area is 113 Å². The Morgan fingerprint density at radius 1 is 1.11 bits per heavy atom. The molecule has 0 aliphatic heterocycles. The maximum Gasteiger partial charge on any atom is 0.137 e. The molecule has 1 N–H and O–H groups in total. The molecule has 3 heteroatoms. The van der Waals surface area contributed by atoms with Crippen LogP contribution in [0.25, 0.3) is 0 Å². The molecule has 18 heavy (non-hydrogen) atoms. The summed E-state index contributed by atoms with van der Waals surface area (Å²) in [4.78, 5) is 0. The van der Waals surface area contributed by atoms with E-state index in [1.807, 2.05) is 18.2 Å². The van der Waals surface area contributed by atoms with Crippen LogP contribution >= 0.6 is 11.6 Å². The highest BCUT2D eigenvalue weighted by Crippen LogP contribution is 2.27. The van der Waals surface area contributed by atoms with E-state index in [0.717, 1.165) is 12.2 Å². The van der Waals surface area contributed by atoms with Gasteiger partial charge < -0.3 is 10.1 Å². The standard InChI is InChI=1S/C15H16ClNO/c1-11-3-5-12(6-4-11)10-17-13-7-8-15(18-2)14(16)9-13/h3-9,17H,10H2,1-2H3. The summed E-state index contributed by atoms with van der Waals surface area (Å²) < 4.78 is 5.12. The van der Waals surface area contributed by atoms with Crippen molar-refractivity contribution in [3.8, 4) is 5.75 Å². The van der Waals surface area contributed by atoms with Crippen molar-refractivity contribution in [1.29, 1.82) is 0 Å². The molecule has 0 aliphatic rings. The van der Waals surface area contributed by atoms with Gasteiger partial charge in [-0.25, -0.2) is 0 Å². The molecule has 0 unspecified atom stereocenters.